The summed E-state index contributed by atoms with van der Waals surface area (Å²) >= 11 is 0. The SMILES string of the molecule is CC(C)(C)P1(=O)CCCCC1. The van der Waals surface area contributed by atoms with Gasteiger partial charge in [-0.2, -0.15) is 0 Å². The average molecular weight is 174 g/mol. The van der Waals surface area contributed by atoms with E-state index in [0.717, 1.165) is 12.3 Å². The lowest BCUT2D eigenvalue weighted by atomic mass is 10.2. The third-order valence-electron chi connectivity index (χ3n) is 2.76. The predicted octanol–water partition coefficient (Wildman–Crippen LogP) is 3.33. The van der Waals surface area contributed by atoms with E-state index in [1.165, 1.54) is 19.3 Å². The average Bonchev–Trinajstić information content (AvgIpc) is 1.87. The molecule has 0 amide bonds. The highest BCUT2D eigenvalue weighted by Gasteiger charge is 2.36. The van der Waals surface area contributed by atoms with E-state index >= 15 is 0 Å². The lowest BCUT2D eigenvalue weighted by Crippen LogP contribution is -2.21. The van der Waals surface area contributed by atoms with Gasteiger partial charge in [-0.3, -0.25) is 0 Å². The molecule has 11 heavy (non-hydrogen) atoms. The van der Waals surface area contributed by atoms with Crippen molar-refractivity contribution in [2.24, 2.45) is 0 Å². The summed E-state index contributed by atoms with van der Waals surface area (Å²) in [5.74, 6) is 0. The third-order valence-corrected chi connectivity index (χ3v) is 7.28. The van der Waals surface area contributed by atoms with Gasteiger partial charge in [-0.25, -0.2) is 0 Å². The van der Waals surface area contributed by atoms with Crippen LogP contribution >= 0.6 is 7.14 Å². The van der Waals surface area contributed by atoms with E-state index in [2.05, 4.69) is 20.8 Å². The Morgan fingerprint density at radius 2 is 1.45 bits per heavy atom. The molecule has 0 aromatic heterocycles. The zero-order valence-electron chi connectivity index (χ0n) is 7.89. The maximum Gasteiger partial charge on any atom is 0.0927 e. The molecule has 1 fully saturated rings. The number of hydrogen-bond acceptors (Lipinski definition) is 1. The van der Waals surface area contributed by atoms with Gasteiger partial charge in [0.15, 0.2) is 0 Å². The van der Waals surface area contributed by atoms with Crippen molar-refractivity contribution < 1.29 is 4.57 Å². The largest absolute Gasteiger partial charge is 0.323 e. The standard InChI is InChI=1S/C9H19OP/c1-9(2,3)11(10)7-5-4-6-8-11/h4-8H2,1-3H3. The van der Waals surface area contributed by atoms with Crippen LogP contribution in [0.1, 0.15) is 40.0 Å². The Hall–Kier alpha value is 0.230. The Bertz CT molecular complexity index is 168. The molecule has 0 aliphatic carbocycles. The second kappa shape index (κ2) is 2.94. The highest BCUT2D eigenvalue weighted by molar-refractivity contribution is 7.65. The first kappa shape index (κ1) is 9.32. The van der Waals surface area contributed by atoms with Crippen molar-refractivity contribution in [1.82, 2.24) is 0 Å². The third kappa shape index (κ3) is 1.87. The molecule has 0 radical (unpaired) electrons. The van der Waals surface area contributed by atoms with Crippen molar-refractivity contribution in [2.45, 2.75) is 45.2 Å². The molecule has 0 aromatic carbocycles. The zero-order valence-corrected chi connectivity index (χ0v) is 8.79. The summed E-state index contributed by atoms with van der Waals surface area (Å²) in [5.41, 5.74) is 0. The van der Waals surface area contributed by atoms with Crippen LogP contribution in [0.2, 0.25) is 0 Å². The van der Waals surface area contributed by atoms with Crippen molar-refractivity contribution in [2.75, 3.05) is 12.3 Å². The van der Waals surface area contributed by atoms with Crippen molar-refractivity contribution in [3.05, 3.63) is 0 Å². The molecular formula is C9H19OP. The Balaban J connectivity index is 2.73. The first-order chi connectivity index (χ1) is 4.96. The molecule has 0 N–H and O–H groups in total. The quantitative estimate of drug-likeness (QED) is 0.515. The minimum Gasteiger partial charge on any atom is -0.323 e. The van der Waals surface area contributed by atoms with Crippen LogP contribution in [0.5, 0.6) is 0 Å². The molecule has 1 rings (SSSR count). The van der Waals surface area contributed by atoms with E-state index in [-0.39, 0.29) is 5.16 Å². The van der Waals surface area contributed by atoms with Gasteiger partial charge in [0.2, 0.25) is 0 Å². The summed E-state index contributed by atoms with van der Waals surface area (Å²) in [5, 5.41) is 0.0629. The molecule has 0 atom stereocenters. The van der Waals surface area contributed by atoms with E-state index in [1.54, 1.807) is 0 Å². The minimum absolute atomic E-state index is 0.0629. The fourth-order valence-electron chi connectivity index (χ4n) is 1.69. The van der Waals surface area contributed by atoms with Crippen LogP contribution in [0.4, 0.5) is 0 Å². The highest BCUT2D eigenvalue weighted by atomic mass is 31.2. The summed E-state index contributed by atoms with van der Waals surface area (Å²) in [7, 11) is -1.80. The summed E-state index contributed by atoms with van der Waals surface area (Å²) in [6.45, 7) is 6.37. The maximum absolute atomic E-state index is 12.3. The first-order valence-electron chi connectivity index (χ1n) is 4.54. The normalized spacial score (nSPS) is 25.0. The Morgan fingerprint density at radius 3 is 1.73 bits per heavy atom. The Labute approximate surface area is 69.9 Å². The molecule has 0 aromatic rings. The van der Waals surface area contributed by atoms with Gasteiger partial charge in [-0.15, -0.1) is 0 Å². The van der Waals surface area contributed by atoms with Crippen LogP contribution in [0.3, 0.4) is 0 Å². The predicted molar refractivity (Wildman–Crippen MR) is 50.9 cm³/mol. The fraction of sp³-hybridized carbons (Fsp3) is 1.00. The molecule has 1 nitrogen and oxygen atoms in total. The molecule has 1 aliphatic rings. The molecule has 2 heteroatoms. The van der Waals surface area contributed by atoms with Crippen LogP contribution in [0, 0.1) is 0 Å². The summed E-state index contributed by atoms with van der Waals surface area (Å²) in [6, 6.07) is 0. The van der Waals surface area contributed by atoms with Crippen molar-refractivity contribution in [3.8, 4) is 0 Å². The Kier molecular flexibility index (Phi) is 2.49. The van der Waals surface area contributed by atoms with E-state index in [9.17, 15) is 4.57 Å². The van der Waals surface area contributed by atoms with Crippen LogP contribution in [0.15, 0.2) is 0 Å². The number of rotatable bonds is 0. The lowest BCUT2D eigenvalue weighted by Gasteiger charge is -2.34. The van der Waals surface area contributed by atoms with Crippen LogP contribution < -0.4 is 0 Å². The summed E-state index contributed by atoms with van der Waals surface area (Å²) in [6.07, 6.45) is 5.66. The van der Waals surface area contributed by atoms with Gasteiger partial charge >= 0.3 is 0 Å². The van der Waals surface area contributed by atoms with E-state index in [1.807, 2.05) is 0 Å². The molecule has 1 saturated heterocycles. The van der Waals surface area contributed by atoms with Crippen LogP contribution in [-0.2, 0) is 4.57 Å². The summed E-state index contributed by atoms with van der Waals surface area (Å²) in [4.78, 5) is 0. The first-order valence-corrected chi connectivity index (χ1v) is 6.62. The van der Waals surface area contributed by atoms with Crippen molar-refractivity contribution in [1.29, 1.82) is 0 Å². The van der Waals surface area contributed by atoms with Gasteiger partial charge in [0.1, 0.15) is 0 Å². The van der Waals surface area contributed by atoms with E-state index in [4.69, 9.17) is 0 Å². The van der Waals surface area contributed by atoms with Gasteiger partial charge in [-0.05, 0) is 12.8 Å². The van der Waals surface area contributed by atoms with Gasteiger partial charge in [0, 0.05) is 17.5 Å². The van der Waals surface area contributed by atoms with Gasteiger partial charge in [-0.1, -0.05) is 27.2 Å². The second-order valence-electron chi connectivity index (χ2n) is 4.57. The monoisotopic (exact) mass is 174 g/mol. The van der Waals surface area contributed by atoms with Crippen LogP contribution in [-0.4, -0.2) is 17.5 Å². The van der Waals surface area contributed by atoms with E-state index in [0.29, 0.717) is 0 Å². The number of hydrogen-bond donors (Lipinski definition) is 0. The summed E-state index contributed by atoms with van der Waals surface area (Å²) < 4.78 is 12.3. The molecule has 66 valence electrons. The molecule has 1 aliphatic heterocycles. The smallest absolute Gasteiger partial charge is 0.0927 e. The zero-order chi connectivity index (χ0) is 8.54. The fourth-order valence-corrected chi connectivity index (χ4v) is 4.73. The van der Waals surface area contributed by atoms with Crippen molar-refractivity contribution >= 4 is 7.14 Å². The van der Waals surface area contributed by atoms with Gasteiger partial charge in [0.05, 0.1) is 7.14 Å². The second-order valence-corrected chi connectivity index (χ2v) is 8.58. The molecule has 1 heterocycles. The molecule has 0 bridgehead atoms. The molecular weight excluding hydrogens is 155 g/mol. The van der Waals surface area contributed by atoms with Crippen LogP contribution in [0.25, 0.3) is 0 Å². The molecule has 0 unspecified atom stereocenters. The molecule has 0 spiro atoms. The Morgan fingerprint density at radius 1 is 1.00 bits per heavy atom. The maximum atomic E-state index is 12.3. The topological polar surface area (TPSA) is 17.1 Å². The van der Waals surface area contributed by atoms with Gasteiger partial charge < -0.3 is 4.57 Å². The molecule has 0 saturated carbocycles. The minimum atomic E-state index is -1.80. The highest BCUT2D eigenvalue weighted by Crippen LogP contribution is 2.60. The van der Waals surface area contributed by atoms with E-state index < -0.39 is 7.14 Å². The van der Waals surface area contributed by atoms with Crippen molar-refractivity contribution in [3.63, 3.8) is 0 Å². The lowest BCUT2D eigenvalue weighted by molar-refractivity contribution is 0.531. The van der Waals surface area contributed by atoms with Gasteiger partial charge in [0.25, 0.3) is 0 Å².